The maximum Gasteiger partial charge on any atom is 0.246 e. The number of hydrogen-bond acceptors (Lipinski definition) is 8. The van der Waals surface area contributed by atoms with Gasteiger partial charge < -0.3 is 19.5 Å². The fraction of sp³-hybridized carbons (Fsp3) is 0.302. The molecule has 0 unspecified atom stereocenters. The predicted octanol–water partition coefficient (Wildman–Crippen LogP) is 6.86. The quantitative estimate of drug-likeness (QED) is 0.127. The lowest BCUT2D eigenvalue weighted by molar-refractivity contribution is -0.127. The lowest BCUT2D eigenvalue weighted by Crippen LogP contribution is -2.53. The van der Waals surface area contributed by atoms with Gasteiger partial charge in [0.15, 0.2) is 11.5 Å². The van der Waals surface area contributed by atoms with Crippen LogP contribution in [0, 0.1) is 27.2 Å². The molecule has 12 heteroatoms. The molecule has 55 heavy (non-hydrogen) atoms. The molecule has 1 N–H and O–H groups in total. The smallest absolute Gasteiger partial charge is 0.246 e. The van der Waals surface area contributed by atoms with E-state index in [0.29, 0.717) is 50.7 Å². The first-order chi connectivity index (χ1) is 26.6. The van der Waals surface area contributed by atoms with E-state index in [1.807, 2.05) is 89.3 Å². The molecule has 2 aliphatic carbocycles. The summed E-state index contributed by atoms with van der Waals surface area (Å²) < 4.78 is 11.6. The Morgan fingerprint density at radius 1 is 0.818 bits per heavy atom. The number of carbonyl (C=O) groups is 4. The van der Waals surface area contributed by atoms with Crippen LogP contribution in [0.15, 0.2) is 103 Å². The molecular weight excluding hydrogens is 833 g/mol. The number of carbonyl (C=O) groups excluding carboxylic acids is 4. The first-order valence-electron chi connectivity index (χ1n) is 18.4. The number of halogens is 2. The third-order valence-electron chi connectivity index (χ3n) is 12.3. The number of phenols is 1. The fourth-order valence-corrected chi connectivity index (χ4v) is 10.7. The number of fused-ring (bicyclic) bond motifs is 4. The van der Waals surface area contributed by atoms with E-state index < -0.39 is 46.8 Å². The number of methoxy groups -OCH3 is 1. The van der Waals surface area contributed by atoms with E-state index in [4.69, 9.17) is 21.1 Å². The maximum atomic E-state index is 15.5. The van der Waals surface area contributed by atoms with E-state index in [1.165, 1.54) is 16.9 Å². The summed E-state index contributed by atoms with van der Waals surface area (Å²) in [5.74, 6) is -4.76. The number of ether oxygens (including phenoxy) is 2. The van der Waals surface area contributed by atoms with Gasteiger partial charge >= 0.3 is 0 Å². The Balaban J connectivity index is 1.20. The summed E-state index contributed by atoms with van der Waals surface area (Å²) in [5, 5.41) is 11.3. The third kappa shape index (κ3) is 5.44. The van der Waals surface area contributed by atoms with Gasteiger partial charge in [0.1, 0.15) is 0 Å². The molecule has 4 amide bonds. The Labute approximate surface area is 336 Å². The number of hydrogen-bond donors (Lipinski definition) is 1. The molecule has 3 saturated heterocycles. The highest BCUT2D eigenvalue weighted by molar-refractivity contribution is 14.1. The van der Waals surface area contributed by atoms with Gasteiger partial charge in [-0.1, -0.05) is 59.6 Å². The number of nitrogens with zero attached hydrogens (tertiary/aromatic N) is 3. The summed E-state index contributed by atoms with van der Waals surface area (Å²) in [6.07, 6.45) is 2.50. The lowest BCUT2D eigenvalue weighted by Gasteiger charge is -2.50. The number of rotatable bonds is 6. The number of benzene rings is 4. The molecule has 4 fully saturated rings. The molecular formula is C43H37ClIN3O7. The van der Waals surface area contributed by atoms with Crippen molar-refractivity contribution in [3.05, 3.63) is 122 Å². The van der Waals surface area contributed by atoms with E-state index in [9.17, 15) is 14.7 Å². The van der Waals surface area contributed by atoms with Crippen molar-refractivity contribution in [3.63, 3.8) is 0 Å². The Kier molecular flexibility index (Phi) is 9.01. The lowest BCUT2D eigenvalue weighted by atomic mass is 9.49. The van der Waals surface area contributed by atoms with Gasteiger partial charge in [-0.15, -0.1) is 0 Å². The molecule has 4 aromatic rings. The van der Waals surface area contributed by atoms with Crippen LogP contribution >= 0.6 is 34.2 Å². The van der Waals surface area contributed by atoms with Gasteiger partial charge in [-0.05, 0) is 107 Å². The van der Waals surface area contributed by atoms with Gasteiger partial charge in [0.2, 0.25) is 23.6 Å². The van der Waals surface area contributed by atoms with Crippen molar-refractivity contribution in [2.75, 3.05) is 48.1 Å². The van der Waals surface area contributed by atoms with Crippen LogP contribution < -0.4 is 19.4 Å². The fourth-order valence-electron chi connectivity index (χ4n) is 9.92. The highest BCUT2D eigenvalue weighted by Crippen LogP contribution is 2.65. The second-order valence-corrected chi connectivity index (χ2v) is 16.4. The Morgan fingerprint density at radius 3 is 2.25 bits per heavy atom. The molecule has 0 spiro atoms. The monoisotopic (exact) mass is 869 g/mol. The molecule has 6 atom stereocenters. The van der Waals surface area contributed by atoms with Crippen LogP contribution in [-0.2, 0) is 29.3 Å². The zero-order chi connectivity index (χ0) is 38.2. The van der Waals surface area contributed by atoms with E-state index in [1.54, 1.807) is 30.3 Å². The second-order valence-electron chi connectivity index (χ2n) is 14.8. The van der Waals surface area contributed by atoms with E-state index in [2.05, 4.69) is 4.90 Å². The number of amides is 4. The zero-order valence-corrected chi connectivity index (χ0v) is 32.8. The van der Waals surface area contributed by atoms with Crippen molar-refractivity contribution in [3.8, 4) is 11.5 Å². The number of morpholine rings is 1. The number of phenolic OH excluding ortho intramolecular Hbond substituents is 1. The SMILES string of the molecule is COc1cc([C@H]2C3=CC[C@@H]4C(=O)N(c5ccc(N6CCOCC6)cc5)C(=O)[C@@H]4[C@@H]3C[C@H]3C(=O)N(c4cccc(Cl)c4)C(=O)[C@@]23c2ccccc2)cc(I)c1O. The normalized spacial score (nSPS) is 27.5. The molecule has 3 heterocycles. The van der Waals surface area contributed by atoms with E-state index >= 15 is 9.59 Å². The molecule has 10 nitrogen and oxygen atoms in total. The van der Waals surface area contributed by atoms with Crippen LogP contribution in [0.2, 0.25) is 5.02 Å². The van der Waals surface area contributed by atoms with E-state index in [-0.39, 0.29) is 29.7 Å². The number of anilines is 3. The van der Waals surface area contributed by atoms with E-state index in [0.717, 1.165) is 24.4 Å². The molecule has 0 radical (unpaired) electrons. The molecule has 9 rings (SSSR count). The minimum absolute atomic E-state index is 0.0385. The van der Waals surface area contributed by atoms with Gasteiger partial charge in [-0.3, -0.25) is 24.1 Å². The summed E-state index contributed by atoms with van der Waals surface area (Å²) in [4.78, 5) is 64.3. The van der Waals surface area contributed by atoms with Crippen molar-refractivity contribution >= 4 is 74.9 Å². The highest BCUT2D eigenvalue weighted by atomic mass is 127. The first-order valence-corrected chi connectivity index (χ1v) is 19.9. The van der Waals surface area contributed by atoms with Crippen LogP contribution in [0.5, 0.6) is 11.5 Å². The average molecular weight is 870 g/mol. The van der Waals surface area contributed by atoms with Crippen LogP contribution in [0.4, 0.5) is 17.1 Å². The molecule has 3 aliphatic heterocycles. The standard InChI is InChI=1S/C43H37ClIN3O7/c1-54-35-21-24(20-34(45)38(35)49)37-30-14-15-31-36(41(52)47(39(31)50)28-12-10-27(11-13-28)46-16-18-55-19-17-46)32(30)23-33-40(51)48(29-9-5-8-26(44)22-29)42(53)43(33,37)25-6-3-2-4-7-25/h2-14,20-22,31-33,36-37,49H,15-19,23H2,1H3/t31-,32+,33-,36-,37-,43+/m0/s1. The number of aromatic hydroxyl groups is 1. The summed E-state index contributed by atoms with van der Waals surface area (Å²) in [6.45, 7) is 2.80. The van der Waals surface area contributed by atoms with Crippen molar-refractivity contribution < 1.29 is 33.8 Å². The molecule has 0 bridgehead atoms. The second kappa shape index (κ2) is 13.8. The highest BCUT2D eigenvalue weighted by Gasteiger charge is 2.70. The minimum Gasteiger partial charge on any atom is -0.504 e. The zero-order valence-electron chi connectivity index (χ0n) is 29.9. The van der Waals surface area contributed by atoms with Gasteiger partial charge in [-0.25, -0.2) is 4.90 Å². The topological polar surface area (TPSA) is 117 Å². The largest absolute Gasteiger partial charge is 0.504 e. The Hall–Kier alpha value is -4.72. The molecule has 280 valence electrons. The predicted molar refractivity (Wildman–Crippen MR) is 215 cm³/mol. The summed E-state index contributed by atoms with van der Waals surface area (Å²) in [6, 6.07) is 27.1. The summed E-state index contributed by atoms with van der Waals surface area (Å²) >= 11 is 8.48. The van der Waals surface area contributed by atoms with Crippen LogP contribution in [0.3, 0.4) is 0 Å². The van der Waals surface area contributed by atoms with Gasteiger partial charge in [0, 0.05) is 29.7 Å². The molecule has 0 aromatic heterocycles. The number of imide groups is 2. The molecule has 1 saturated carbocycles. The average Bonchev–Trinajstić information content (AvgIpc) is 3.60. The minimum atomic E-state index is -1.44. The van der Waals surface area contributed by atoms with Gasteiger partial charge in [0.05, 0.1) is 58.4 Å². The van der Waals surface area contributed by atoms with Gasteiger partial charge in [0.25, 0.3) is 0 Å². The molecule has 5 aliphatic rings. The number of allylic oxidation sites excluding steroid dienone is 2. The van der Waals surface area contributed by atoms with Crippen LogP contribution in [0.25, 0.3) is 0 Å². The first kappa shape index (κ1) is 35.9. The third-order valence-corrected chi connectivity index (χ3v) is 13.3. The van der Waals surface area contributed by atoms with Crippen molar-refractivity contribution in [2.45, 2.75) is 24.2 Å². The summed E-state index contributed by atoms with van der Waals surface area (Å²) in [7, 11) is 1.47. The van der Waals surface area contributed by atoms with Crippen LogP contribution in [-0.4, -0.2) is 62.1 Å². The molecule has 4 aromatic carbocycles. The van der Waals surface area contributed by atoms with Gasteiger partial charge in [-0.2, -0.15) is 0 Å². The van der Waals surface area contributed by atoms with Crippen molar-refractivity contribution in [1.82, 2.24) is 0 Å². The van der Waals surface area contributed by atoms with Crippen LogP contribution in [0.1, 0.15) is 29.9 Å². The Bertz CT molecular complexity index is 2280. The maximum absolute atomic E-state index is 15.5. The van der Waals surface area contributed by atoms with Crippen molar-refractivity contribution in [2.24, 2.45) is 23.7 Å². The Morgan fingerprint density at radius 2 is 1.55 bits per heavy atom. The summed E-state index contributed by atoms with van der Waals surface area (Å²) in [5.41, 5.74) is 2.55. The van der Waals surface area contributed by atoms with Crippen molar-refractivity contribution in [1.29, 1.82) is 0 Å².